The van der Waals surface area contributed by atoms with E-state index in [0.29, 0.717) is 24.8 Å². The van der Waals surface area contributed by atoms with Crippen molar-refractivity contribution in [3.8, 4) is 0 Å². The molecule has 0 spiro atoms. The standard InChI is InChI=1S/C15H33N3O2S.HI/c1-14(2,3)12(20-8)11-18-13(16-7)17-9-10-21(19)15(4,5)6;/h12H,9-11H2,1-8H3,(H2,16,17,18);1H. The van der Waals surface area contributed by atoms with E-state index in [1.54, 1.807) is 14.2 Å². The maximum absolute atomic E-state index is 12.0. The van der Waals surface area contributed by atoms with Crippen LogP contribution in [0.4, 0.5) is 0 Å². The molecule has 0 aromatic carbocycles. The van der Waals surface area contributed by atoms with Gasteiger partial charge in [0.15, 0.2) is 5.96 Å². The SMILES string of the molecule is CN=C(NCCS(=O)C(C)(C)C)NCC(OC)C(C)(C)C.I. The largest absolute Gasteiger partial charge is 0.379 e. The number of hydrogen-bond acceptors (Lipinski definition) is 3. The van der Waals surface area contributed by atoms with Crippen LogP contribution in [0.5, 0.6) is 0 Å². The highest BCUT2D eigenvalue weighted by atomic mass is 127. The van der Waals surface area contributed by atoms with E-state index in [-0.39, 0.29) is 40.2 Å². The van der Waals surface area contributed by atoms with Crippen LogP contribution in [0.25, 0.3) is 0 Å². The normalized spacial score (nSPS) is 15.7. The molecule has 0 saturated heterocycles. The van der Waals surface area contributed by atoms with Gasteiger partial charge in [-0.25, -0.2) is 0 Å². The molecule has 0 aromatic heterocycles. The molecule has 7 heteroatoms. The molecule has 0 saturated carbocycles. The second-order valence-electron chi connectivity index (χ2n) is 7.13. The van der Waals surface area contributed by atoms with Crippen molar-refractivity contribution >= 4 is 40.7 Å². The monoisotopic (exact) mass is 447 g/mol. The van der Waals surface area contributed by atoms with Crippen LogP contribution in [0.2, 0.25) is 0 Å². The lowest BCUT2D eigenvalue weighted by molar-refractivity contribution is 0.0205. The van der Waals surface area contributed by atoms with E-state index in [2.05, 4.69) is 36.4 Å². The summed E-state index contributed by atoms with van der Waals surface area (Å²) in [5.74, 6) is 1.32. The fraction of sp³-hybridized carbons (Fsp3) is 0.933. The number of methoxy groups -OCH3 is 1. The molecule has 0 amide bonds. The minimum Gasteiger partial charge on any atom is -0.379 e. The summed E-state index contributed by atoms with van der Waals surface area (Å²) in [5.41, 5.74) is 0.0638. The second-order valence-corrected chi connectivity index (χ2v) is 9.46. The van der Waals surface area contributed by atoms with E-state index in [1.165, 1.54) is 0 Å². The number of nitrogens with zero attached hydrogens (tertiary/aromatic N) is 1. The summed E-state index contributed by atoms with van der Waals surface area (Å²) >= 11 is 0. The number of nitrogens with one attached hydrogen (secondary N) is 2. The number of guanidine groups is 1. The molecule has 0 fully saturated rings. The van der Waals surface area contributed by atoms with Crippen molar-refractivity contribution in [1.29, 1.82) is 0 Å². The maximum atomic E-state index is 12.0. The highest BCUT2D eigenvalue weighted by Crippen LogP contribution is 2.20. The molecular formula is C15H34IN3O2S. The van der Waals surface area contributed by atoms with Gasteiger partial charge in [0, 0.05) is 48.5 Å². The van der Waals surface area contributed by atoms with Crippen molar-refractivity contribution in [2.45, 2.75) is 52.4 Å². The Balaban J connectivity index is 0. The Labute approximate surface area is 155 Å². The zero-order valence-corrected chi connectivity index (χ0v) is 18.4. The summed E-state index contributed by atoms with van der Waals surface area (Å²) in [6.07, 6.45) is 0.0970. The molecule has 0 heterocycles. The number of halogens is 1. The predicted molar refractivity (Wildman–Crippen MR) is 108 cm³/mol. The Morgan fingerprint density at radius 2 is 1.73 bits per heavy atom. The van der Waals surface area contributed by atoms with Crippen LogP contribution in [0.3, 0.4) is 0 Å². The van der Waals surface area contributed by atoms with Gasteiger partial charge >= 0.3 is 0 Å². The highest BCUT2D eigenvalue weighted by Gasteiger charge is 2.24. The van der Waals surface area contributed by atoms with Gasteiger partial charge in [-0.1, -0.05) is 20.8 Å². The van der Waals surface area contributed by atoms with Gasteiger partial charge in [0.2, 0.25) is 0 Å². The summed E-state index contributed by atoms with van der Waals surface area (Å²) in [6, 6.07) is 0. The molecule has 134 valence electrons. The van der Waals surface area contributed by atoms with E-state index in [0.717, 1.165) is 0 Å². The lowest BCUT2D eigenvalue weighted by atomic mass is 9.89. The molecule has 2 atom stereocenters. The van der Waals surface area contributed by atoms with Crippen LogP contribution in [-0.4, -0.2) is 54.0 Å². The molecule has 0 aliphatic rings. The average Bonchev–Trinajstić information content (AvgIpc) is 2.34. The maximum Gasteiger partial charge on any atom is 0.191 e. The van der Waals surface area contributed by atoms with Crippen molar-refractivity contribution in [3.05, 3.63) is 0 Å². The Hall–Kier alpha value is 0.110. The van der Waals surface area contributed by atoms with Crippen LogP contribution >= 0.6 is 24.0 Å². The van der Waals surface area contributed by atoms with Crippen molar-refractivity contribution in [2.75, 3.05) is 33.0 Å². The molecule has 0 rings (SSSR count). The van der Waals surface area contributed by atoms with Crippen molar-refractivity contribution in [1.82, 2.24) is 10.6 Å². The van der Waals surface area contributed by atoms with Crippen LogP contribution in [0.1, 0.15) is 41.5 Å². The van der Waals surface area contributed by atoms with E-state index in [4.69, 9.17) is 4.74 Å². The summed E-state index contributed by atoms with van der Waals surface area (Å²) in [4.78, 5) is 4.18. The molecule has 0 radical (unpaired) electrons. The van der Waals surface area contributed by atoms with Gasteiger partial charge < -0.3 is 15.4 Å². The zero-order valence-electron chi connectivity index (χ0n) is 15.3. The van der Waals surface area contributed by atoms with Gasteiger partial charge in [-0.2, -0.15) is 0 Å². The third-order valence-corrected chi connectivity index (χ3v) is 5.13. The molecule has 22 heavy (non-hydrogen) atoms. The highest BCUT2D eigenvalue weighted by molar-refractivity contribution is 14.0. The first-order valence-corrected chi connectivity index (χ1v) is 8.70. The summed E-state index contributed by atoms with van der Waals surface area (Å²) in [5, 5.41) is 6.45. The first kappa shape index (κ1) is 24.4. The van der Waals surface area contributed by atoms with Crippen LogP contribution in [0, 0.1) is 5.41 Å². The van der Waals surface area contributed by atoms with E-state index in [9.17, 15) is 4.21 Å². The van der Waals surface area contributed by atoms with Crippen LogP contribution in [0.15, 0.2) is 4.99 Å². The Morgan fingerprint density at radius 3 is 2.09 bits per heavy atom. The minimum absolute atomic E-state index is 0. The van der Waals surface area contributed by atoms with Gasteiger partial charge in [0.05, 0.1) is 6.10 Å². The third kappa shape index (κ3) is 9.99. The van der Waals surface area contributed by atoms with Crippen molar-refractivity contribution in [3.63, 3.8) is 0 Å². The van der Waals surface area contributed by atoms with Gasteiger partial charge in [-0.15, -0.1) is 24.0 Å². The summed E-state index contributed by atoms with van der Waals surface area (Å²) < 4.78 is 17.3. The first-order valence-electron chi connectivity index (χ1n) is 7.38. The lowest BCUT2D eigenvalue weighted by Gasteiger charge is -2.30. The average molecular weight is 447 g/mol. The first-order chi connectivity index (χ1) is 9.52. The molecule has 2 N–H and O–H groups in total. The Bertz CT molecular complexity index is 363. The second kappa shape index (κ2) is 10.8. The van der Waals surface area contributed by atoms with Gasteiger partial charge in [0.1, 0.15) is 0 Å². The van der Waals surface area contributed by atoms with E-state index < -0.39 is 10.8 Å². The number of rotatable bonds is 6. The van der Waals surface area contributed by atoms with Crippen molar-refractivity contribution in [2.24, 2.45) is 10.4 Å². The van der Waals surface area contributed by atoms with E-state index >= 15 is 0 Å². The topological polar surface area (TPSA) is 62.7 Å². The fourth-order valence-electron chi connectivity index (χ4n) is 1.72. The summed E-state index contributed by atoms with van der Waals surface area (Å²) in [6.45, 7) is 13.7. The van der Waals surface area contributed by atoms with Crippen LogP contribution in [-0.2, 0) is 15.5 Å². The molecular weight excluding hydrogens is 413 g/mol. The van der Waals surface area contributed by atoms with Crippen LogP contribution < -0.4 is 10.6 Å². The predicted octanol–water partition coefficient (Wildman–Crippen LogP) is 2.38. The number of aliphatic imine (C=N–C) groups is 1. The number of hydrogen-bond donors (Lipinski definition) is 2. The lowest BCUT2D eigenvalue weighted by Crippen LogP contribution is -2.46. The Morgan fingerprint density at radius 1 is 1.18 bits per heavy atom. The number of ether oxygens (including phenoxy) is 1. The molecule has 0 aromatic rings. The molecule has 0 bridgehead atoms. The van der Waals surface area contributed by atoms with Gasteiger partial charge in [0.25, 0.3) is 0 Å². The van der Waals surface area contributed by atoms with E-state index in [1.807, 2.05) is 20.8 Å². The van der Waals surface area contributed by atoms with Gasteiger partial charge in [-0.3, -0.25) is 9.20 Å². The quantitative estimate of drug-likeness (QED) is 0.373. The fourth-order valence-corrected chi connectivity index (χ4v) is 2.62. The van der Waals surface area contributed by atoms with Gasteiger partial charge in [-0.05, 0) is 26.2 Å². The molecule has 2 unspecified atom stereocenters. The minimum atomic E-state index is -0.854. The summed E-state index contributed by atoms with van der Waals surface area (Å²) in [7, 11) is 2.60. The molecule has 0 aliphatic heterocycles. The molecule has 0 aliphatic carbocycles. The zero-order chi connectivity index (χ0) is 16.7. The Kier molecular flexibility index (Phi) is 12.0. The third-order valence-electron chi connectivity index (χ3n) is 3.19. The molecule has 5 nitrogen and oxygen atoms in total. The van der Waals surface area contributed by atoms with Crippen molar-refractivity contribution < 1.29 is 8.95 Å². The smallest absolute Gasteiger partial charge is 0.191 e.